The molecule has 0 N–H and O–H groups in total. The number of hydrogen-bond acceptors (Lipinski definition) is 6. The van der Waals surface area contributed by atoms with E-state index in [1.807, 2.05) is 79.7 Å². The number of pyridine rings is 1. The number of para-hydroxylation sites is 3. The first-order valence-electron chi connectivity index (χ1n) is 13.5. The van der Waals surface area contributed by atoms with Crippen LogP contribution in [0.3, 0.4) is 0 Å². The number of carbonyl (C=O) groups excluding carboxylic acids is 2. The minimum atomic E-state index is -0.936. The predicted octanol–water partition coefficient (Wildman–Crippen LogP) is 6.77. The number of hydrogen-bond donors (Lipinski definition) is 0. The minimum Gasteiger partial charge on any atom is -0.449 e. The fourth-order valence-corrected chi connectivity index (χ4v) is 6.53. The SMILES string of the molecule is CCC(OC(=O)c1c2c(nc3ccccc13)CCN(C(C)C)C2)C(=O)N1c2ccccc2Sc2ccccc21. The number of aromatic nitrogens is 1. The number of nitrogens with zero attached hydrogens (tertiary/aromatic N) is 3. The standard InChI is InChI=1S/C32H31N3O3S/c1-4-27(31(36)35-25-13-7-9-15-28(25)39-29-16-10-8-14-26(29)35)38-32(37)30-21-11-5-6-12-23(21)33-24-17-18-34(20(2)3)19-22(24)30/h5-16,20,27H,4,17-19H2,1-3H3. The molecule has 0 spiro atoms. The molecule has 1 aromatic heterocycles. The first-order chi connectivity index (χ1) is 19.0. The van der Waals surface area contributed by atoms with Gasteiger partial charge in [-0.2, -0.15) is 0 Å². The number of anilines is 2. The maximum Gasteiger partial charge on any atom is 0.340 e. The van der Waals surface area contributed by atoms with Gasteiger partial charge in [-0.25, -0.2) is 4.79 Å². The van der Waals surface area contributed by atoms with Crippen LogP contribution in [0, 0.1) is 0 Å². The summed E-state index contributed by atoms with van der Waals surface area (Å²) in [5.41, 5.74) is 4.76. The molecule has 6 rings (SSSR count). The molecule has 2 aliphatic heterocycles. The quantitative estimate of drug-likeness (QED) is 0.262. The number of amides is 1. The van der Waals surface area contributed by atoms with Crippen molar-refractivity contribution < 1.29 is 14.3 Å². The fraction of sp³-hybridized carbons (Fsp3) is 0.281. The van der Waals surface area contributed by atoms with Crippen molar-refractivity contribution in [1.82, 2.24) is 9.88 Å². The maximum absolute atomic E-state index is 14.1. The Balaban J connectivity index is 1.38. The molecular weight excluding hydrogens is 506 g/mol. The van der Waals surface area contributed by atoms with Crippen molar-refractivity contribution in [3.63, 3.8) is 0 Å². The van der Waals surface area contributed by atoms with Crippen LogP contribution >= 0.6 is 11.8 Å². The molecule has 39 heavy (non-hydrogen) atoms. The van der Waals surface area contributed by atoms with Gasteiger partial charge in [0.2, 0.25) is 0 Å². The van der Waals surface area contributed by atoms with Gasteiger partial charge in [0.25, 0.3) is 5.91 Å². The summed E-state index contributed by atoms with van der Waals surface area (Å²) in [5, 5.41) is 0.763. The topological polar surface area (TPSA) is 62.7 Å². The Morgan fingerprint density at radius 1 is 0.949 bits per heavy atom. The molecule has 3 heterocycles. The number of carbonyl (C=O) groups is 2. The van der Waals surface area contributed by atoms with E-state index < -0.39 is 12.1 Å². The normalized spacial score (nSPS) is 15.4. The molecule has 0 bridgehead atoms. The van der Waals surface area contributed by atoms with Gasteiger partial charge in [-0.1, -0.05) is 61.2 Å². The van der Waals surface area contributed by atoms with Crippen molar-refractivity contribution in [3.05, 3.63) is 89.6 Å². The van der Waals surface area contributed by atoms with Gasteiger partial charge in [0.15, 0.2) is 6.10 Å². The van der Waals surface area contributed by atoms with E-state index in [9.17, 15) is 9.59 Å². The average Bonchev–Trinajstić information content (AvgIpc) is 2.96. The highest BCUT2D eigenvalue weighted by Crippen LogP contribution is 2.48. The molecule has 1 atom stereocenters. The third-order valence-corrected chi connectivity index (χ3v) is 8.69. The van der Waals surface area contributed by atoms with Crippen molar-refractivity contribution in [2.75, 3.05) is 11.4 Å². The van der Waals surface area contributed by atoms with Gasteiger partial charge >= 0.3 is 5.97 Å². The van der Waals surface area contributed by atoms with Crippen LogP contribution in [-0.2, 0) is 22.5 Å². The summed E-state index contributed by atoms with van der Waals surface area (Å²) >= 11 is 1.64. The molecule has 6 nitrogen and oxygen atoms in total. The second-order valence-electron chi connectivity index (χ2n) is 10.3. The Bertz CT molecular complexity index is 1540. The molecule has 198 valence electrons. The first kappa shape index (κ1) is 25.6. The lowest BCUT2D eigenvalue weighted by molar-refractivity contribution is -0.126. The van der Waals surface area contributed by atoms with Crippen LogP contribution < -0.4 is 4.90 Å². The molecule has 1 amide bonds. The summed E-state index contributed by atoms with van der Waals surface area (Å²) in [6.45, 7) is 7.73. The molecule has 0 fully saturated rings. The first-order valence-corrected chi connectivity index (χ1v) is 14.3. The zero-order chi connectivity index (χ0) is 27.1. The Kier molecular flexibility index (Phi) is 6.87. The minimum absolute atomic E-state index is 0.248. The molecule has 0 saturated heterocycles. The second-order valence-corrected chi connectivity index (χ2v) is 11.3. The van der Waals surface area contributed by atoms with E-state index in [2.05, 4.69) is 18.7 Å². The molecule has 4 aromatic rings. The lowest BCUT2D eigenvalue weighted by Gasteiger charge is -2.34. The molecule has 7 heteroatoms. The molecule has 2 aliphatic rings. The highest BCUT2D eigenvalue weighted by Gasteiger charge is 2.35. The summed E-state index contributed by atoms with van der Waals surface area (Å²) in [6, 6.07) is 23.7. The largest absolute Gasteiger partial charge is 0.449 e. The van der Waals surface area contributed by atoms with Crippen LogP contribution in [0.5, 0.6) is 0 Å². The van der Waals surface area contributed by atoms with E-state index in [0.29, 0.717) is 24.6 Å². The van der Waals surface area contributed by atoms with E-state index in [-0.39, 0.29) is 5.91 Å². The van der Waals surface area contributed by atoms with E-state index in [4.69, 9.17) is 9.72 Å². The third kappa shape index (κ3) is 4.60. The van der Waals surface area contributed by atoms with Crippen molar-refractivity contribution in [2.45, 2.75) is 62.1 Å². The van der Waals surface area contributed by atoms with Crippen LogP contribution in [0.4, 0.5) is 11.4 Å². The van der Waals surface area contributed by atoms with Gasteiger partial charge in [0, 0.05) is 52.0 Å². The number of ether oxygens (including phenoxy) is 1. The molecule has 0 radical (unpaired) electrons. The van der Waals surface area contributed by atoms with Gasteiger partial charge in [-0.05, 0) is 50.6 Å². The second kappa shape index (κ2) is 10.5. The number of rotatable bonds is 5. The average molecular weight is 538 g/mol. The molecule has 3 aromatic carbocycles. The van der Waals surface area contributed by atoms with Gasteiger partial charge in [0.05, 0.1) is 22.5 Å². The van der Waals surface area contributed by atoms with Crippen LogP contribution in [0.2, 0.25) is 0 Å². The van der Waals surface area contributed by atoms with Crippen LogP contribution in [0.25, 0.3) is 10.9 Å². The molecule has 0 saturated carbocycles. The molecule has 0 aliphatic carbocycles. The predicted molar refractivity (Wildman–Crippen MR) is 155 cm³/mol. The van der Waals surface area contributed by atoms with Crippen molar-refractivity contribution in [2.24, 2.45) is 0 Å². The Hall–Kier alpha value is -3.68. The van der Waals surface area contributed by atoms with Crippen molar-refractivity contribution in [1.29, 1.82) is 0 Å². The summed E-state index contributed by atoms with van der Waals surface area (Å²) in [4.78, 5) is 39.1. The van der Waals surface area contributed by atoms with Crippen LogP contribution in [-0.4, -0.2) is 40.5 Å². The van der Waals surface area contributed by atoms with Crippen LogP contribution in [0.1, 0.15) is 48.8 Å². The zero-order valence-electron chi connectivity index (χ0n) is 22.4. The summed E-state index contributed by atoms with van der Waals surface area (Å²) in [6.07, 6.45) is 0.199. The lowest BCUT2D eigenvalue weighted by Crippen LogP contribution is -2.40. The lowest BCUT2D eigenvalue weighted by atomic mass is 9.95. The van der Waals surface area contributed by atoms with E-state index >= 15 is 0 Å². The number of benzene rings is 3. The van der Waals surface area contributed by atoms with E-state index in [1.54, 1.807) is 16.7 Å². The van der Waals surface area contributed by atoms with Crippen molar-refractivity contribution >= 4 is 45.9 Å². The van der Waals surface area contributed by atoms with Gasteiger partial charge in [0.1, 0.15) is 0 Å². The summed E-state index contributed by atoms with van der Waals surface area (Å²) < 4.78 is 6.12. The Labute approximate surface area is 233 Å². The highest BCUT2D eigenvalue weighted by molar-refractivity contribution is 7.99. The van der Waals surface area contributed by atoms with Crippen LogP contribution in [0.15, 0.2) is 82.6 Å². The molecule has 1 unspecified atom stereocenters. The Morgan fingerprint density at radius 3 is 2.26 bits per heavy atom. The van der Waals surface area contributed by atoms with Crippen molar-refractivity contribution in [3.8, 4) is 0 Å². The van der Waals surface area contributed by atoms with Gasteiger partial charge < -0.3 is 4.74 Å². The van der Waals surface area contributed by atoms with Gasteiger partial charge in [-0.3, -0.25) is 19.6 Å². The monoisotopic (exact) mass is 537 g/mol. The smallest absolute Gasteiger partial charge is 0.340 e. The number of esters is 1. The maximum atomic E-state index is 14.1. The number of fused-ring (bicyclic) bond motifs is 4. The highest BCUT2D eigenvalue weighted by atomic mass is 32.2. The third-order valence-electron chi connectivity index (χ3n) is 7.56. The van der Waals surface area contributed by atoms with Gasteiger partial charge in [-0.15, -0.1) is 0 Å². The Morgan fingerprint density at radius 2 is 1.59 bits per heavy atom. The summed E-state index contributed by atoms with van der Waals surface area (Å²) in [5.74, 6) is -0.717. The fourth-order valence-electron chi connectivity index (χ4n) is 5.47. The summed E-state index contributed by atoms with van der Waals surface area (Å²) in [7, 11) is 0. The molecular formula is C32H31N3O3S. The zero-order valence-corrected chi connectivity index (χ0v) is 23.2. The van der Waals surface area contributed by atoms with E-state index in [1.165, 1.54) is 0 Å². The van der Waals surface area contributed by atoms with E-state index in [0.717, 1.165) is 56.3 Å².